The highest BCUT2D eigenvalue weighted by Crippen LogP contribution is 2.39. The fraction of sp³-hybridized carbons (Fsp3) is 0.792. The van der Waals surface area contributed by atoms with Gasteiger partial charge in [-0.1, -0.05) is 19.9 Å². The number of aliphatic hydroxyl groups is 6. The molecule has 10 atom stereocenters. The number of hydrogen-bond acceptors (Lipinski definition) is 11. The van der Waals surface area contributed by atoms with Crippen molar-refractivity contribution >= 4 is 5.78 Å². The van der Waals surface area contributed by atoms with Gasteiger partial charge >= 0.3 is 0 Å². The average Bonchev–Trinajstić information content (AvgIpc) is 2.76. The number of aliphatic hydroxyl groups excluding tert-OH is 6. The highest BCUT2D eigenvalue weighted by molar-refractivity contribution is 5.93. The van der Waals surface area contributed by atoms with Gasteiger partial charge in [-0.2, -0.15) is 0 Å². The van der Waals surface area contributed by atoms with E-state index in [0.29, 0.717) is 12.8 Å². The predicted octanol–water partition coefficient (Wildman–Crippen LogP) is -1.08. The number of ketones is 1. The fourth-order valence-electron chi connectivity index (χ4n) is 4.72. The van der Waals surface area contributed by atoms with Gasteiger partial charge in [0.25, 0.3) is 0 Å². The molecule has 2 heterocycles. The van der Waals surface area contributed by atoms with Crippen LogP contribution in [-0.4, -0.2) is 111 Å². The summed E-state index contributed by atoms with van der Waals surface area (Å²) in [4.78, 5) is 11.9. The summed E-state index contributed by atoms with van der Waals surface area (Å²) in [6.45, 7) is 7.06. The first-order valence-corrected chi connectivity index (χ1v) is 11.9. The zero-order chi connectivity index (χ0) is 26.1. The van der Waals surface area contributed by atoms with Crippen LogP contribution in [0.4, 0.5) is 0 Å². The highest BCUT2D eigenvalue weighted by atomic mass is 16.7. The maximum atomic E-state index is 11.9. The largest absolute Gasteiger partial charge is 0.388 e. The molecule has 0 saturated carbocycles. The van der Waals surface area contributed by atoms with Crippen LogP contribution in [0.5, 0.6) is 0 Å². The van der Waals surface area contributed by atoms with Gasteiger partial charge in [-0.25, -0.2) is 0 Å². The Morgan fingerprint density at radius 2 is 1.71 bits per heavy atom. The monoisotopic (exact) mass is 502 g/mol. The summed E-state index contributed by atoms with van der Waals surface area (Å²) < 4.78 is 22.1. The summed E-state index contributed by atoms with van der Waals surface area (Å²) in [7, 11) is 0. The molecule has 11 nitrogen and oxygen atoms in total. The van der Waals surface area contributed by atoms with Gasteiger partial charge < -0.3 is 49.6 Å². The van der Waals surface area contributed by atoms with E-state index in [1.54, 1.807) is 13.0 Å². The minimum atomic E-state index is -1.58. The molecule has 0 aromatic heterocycles. The van der Waals surface area contributed by atoms with E-state index in [1.807, 2.05) is 26.8 Å². The smallest absolute Gasteiger partial charge is 0.186 e. The van der Waals surface area contributed by atoms with E-state index in [-0.39, 0.29) is 24.4 Å². The predicted molar refractivity (Wildman–Crippen MR) is 121 cm³/mol. The lowest BCUT2D eigenvalue weighted by molar-refractivity contribution is -0.326. The first kappa shape index (κ1) is 28.3. The molecule has 2 saturated heterocycles. The molecular weight excluding hydrogens is 464 g/mol. The summed E-state index contributed by atoms with van der Waals surface area (Å²) >= 11 is 0. The van der Waals surface area contributed by atoms with Crippen molar-refractivity contribution in [2.24, 2.45) is 5.41 Å². The number of carbonyl (C=O) groups is 1. The minimum Gasteiger partial charge on any atom is -0.388 e. The van der Waals surface area contributed by atoms with Gasteiger partial charge in [-0.05, 0) is 42.9 Å². The number of hydrogen-bond donors (Lipinski definition) is 6. The molecule has 0 amide bonds. The van der Waals surface area contributed by atoms with Crippen LogP contribution in [0.25, 0.3) is 0 Å². The molecule has 3 rings (SSSR count). The van der Waals surface area contributed by atoms with Crippen molar-refractivity contribution in [3.8, 4) is 0 Å². The molecule has 0 unspecified atom stereocenters. The Morgan fingerprint density at radius 3 is 2.37 bits per heavy atom. The number of rotatable bonds is 7. The third kappa shape index (κ3) is 6.55. The summed E-state index contributed by atoms with van der Waals surface area (Å²) in [5, 5.41) is 60.3. The van der Waals surface area contributed by atoms with Crippen LogP contribution in [0.1, 0.15) is 40.5 Å². The van der Waals surface area contributed by atoms with Crippen molar-refractivity contribution in [2.45, 2.75) is 102 Å². The van der Waals surface area contributed by atoms with Crippen LogP contribution < -0.4 is 0 Å². The Hall–Kier alpha value is -1.25. The molecular formula is C24H38O11. The molecule has 0 aromatic carbocycles. The van der Waals surface area contributed by atoms with Crippen molar-refractivity contribution in [3.63, 3.8) is 0 Å². The van der Waals surface area contributed by atoms with Gasteiger partial charge in [-0.3, -0.25) is 4.79 Å². The first-order chi connectivity index (χ1) is 16.3. The molecule has 1 aliphatic carbocycles. The van der Waals surface area contributed by atoms with E-state index in [2.05, 4.69) is 0 Å². The van der Waals surface area contributed by atoms with Crippen molar-refractivity contribution in [1.82, 2.24) is 0 Å². The molecule has 6 N–H and O–H groups in total. The molecule has 0 spiro atoms. The van der Waals surface area contributed by atoms with Gasteiger partial charge in [0.15, 0.2) is 18.4 Å². The quantitative estimate of drug-likeness (QED) is 0.250. The Labute approximate surface area is 204 Å². The topological polar surface area (TPSA) is 175 Å². The zero-order valence-corrected chi connectivity index (χ0v) is 20.5. The summed E-state index contributed by atoms with van der Waals surface area (Å²) in [5.41, 5.74) is 1.62. The molecule has 200 valence electrons. The molecule has 2 aliphatic heterocycles. The SMILES string of the molecule is CC1=CC(=O)CC(C)(C)C1=CC[C@@H](C)O[C@@H]1O[C@H](CO[C@@H]2OC[C@@H](O)[C@H](O)[C@H]2O)[C@@H](O)[C@H](O)[C@H]1O. The lowest BCUT2D eigenvalue weighted by Crippen LogP contribution is -2.60. The van der Waals surface area contributed by atoms with Crippen LogP contribution >= 0.6 is 0 Å². The van der Waals surface area contributed by atoms with Crippen LogP contribution in [0.15, 0.2) is 23.3 Å². The van der Waals surface area contributed by atoms with Crippen molar-refractivity contribution < 1.29 is 54.4 Å². The van der Waals surface area contributed by atoms with Gasteiger partial charge in [0.05, 0.1) is 19.3 Å². The molecule has 0 radical (unpaired) electrons. The van der Waals surface area contributed by atoms with E-state index in [9.17, 15) is 35.4 Å². The first-order valence-electron chi connectivity index (χ1n) is 11.9. The van der Waals surface area contributed by atoms with Crippen LogP contribution in [0, 0.1) is 5.41 Å². The standard InChI is InChI=1S/C24H38O11/c1-11-7-13(25)8-24(3,4)14(11)6-5-12(2)34-23-21(31)19(29)18(28)16(35-23)10-33-22-20(30)17(27)15(26)9-32-22/h6-7,12,15-23,26-31H,5,8-10H2,1-4H3/t12-,15-,16-,17+,18-,19+,20-,21-,22+,23-/m1/s1. The van der Waals surface area contributed by atoms with E-state index < -0.39 is 61.4 Å². The molecule has 3 aliphatic rings. The Morgan fingerprint density at radius 1 is 1.06 bits per heavy atom. The summed E-state index contributed by atoms with van der Waals surface area (Å²) in [6, 6.07) is 0. The van der Waals surface area contributed by atoms with Gasteiger partial charge in [0, 0.05) is 6.42 Å². The Bertz CT molecular complexity index is 809. The van der Waals surface area contributed by atoms with Gasteiger partial charge in [0.1, 0.15) is 42.7 Å². The maximum absolute atomic E-state index is 11.9. The molecule has 0 aromatic rings. The summed E-state index contributed by atoms with van der Waals surface area (Å²) in [6.07, 6.45) is -8.47. The average molecular weight is 503 g/mol. The van der Waals surface area contributed by atoms with E-state index in [0.717, 1.165) is 11.1 Å². The van der Waals surface area contributed by atoms with E-state index >= 15 is 0 Å². The van der Waals surface area contributed by atoms with Crippen molar-refractivity contribution in [1.29, 1.82) is 0 Å². The second-order valence-electron chi connectivity index (χ2n) is 10.3. The molecule has 0 bridgehead atoms. The third-order valence-electron chi connectivity index (χ3n) is 6.72. The lowest BCUT2D eigenvalue weighted by Gasteiger charge is -2.42. The van der Waals surface area contributed by atoms with Crippen molar-refractivity contribution in [3.05, 3.63) is 23.3 Å². The summed E-state index contributed by atoms with van der Waals surface area (Å²) in [5.74, 6) is 0.0883. The van der Waals surface area contributed by atoms with E-state index in [1.165, 1.54) is 0 Å². The fourth-order valence-corrected chi connectivity index (χ4v) is 4.72. The van der Waals surface area contributed by atoms with Crippen molar-refractivity contribution in [2.75, 3.05) is 13.2 Å². The van der Waals surface area contributed by atoms with Crippen LogP contribution in [0.2, 0.25) is 0 Å². The lowest BCUT2D eigenvalue weighted by atomic mass is 9.72. The molecule has 35 heavy (non-hydrogen) atoms. The second-order valence-corrected chi connectivity index (χ2v) is 10.3. The Balaban J connectivity index is 1.59. The number of allylic oxidation sites excluding steroid dienone is 3. The van der Waals surface area contributed by atoms with E-state index in [4.69, 9.17) is 18.9 Å². The molecule has 2 fully saturated rings. The number of ether oxygens (including phenoxy) is 4. The van der Waals surface area contributed by atoms with Crippen LogP contribution in [-0.2, 0) is 23.7 Å². The normalized spacial score (nSPS) is 42.1. The minimum absolute atomic E-state index is 0.0883. The number of carbonyl (C=O) groups excluding carboxylic acids is 1. The zero-order valence-electron chi connectivity index (χ0n) is 20.5. The van der Waals surface area contributed by atoms with Crippen LogP contribution in [0.3, 0.4) is 0 Å². The third-order valence-corrected chi connectivity index (χ3v) is 6.72. The van der Waals surface area contributed by atoms with Gasteiger partial charge in [0.2, 0.25) is 0 Å². The highest BCUT2D eigenvalue weighted by Gasteiger charge is 2.46. The van der Waals surface area contributed by atoms with Gasteiger partial charge in [-0.15, -0.1) is 0 Å². The maximum Gasteiger partial charge on any atom is 0.186 e. The second kappa shape index (κ2) is 11.4. The Kier molecular flexibility index (Phi) is 9.25. The molecule has 11 heteroatoms.